The summed E-state index contributed by atoms with van der Waals surface area (Å²) >= 11 is 0. The van der Waals surface area contributed by atoms with Crippen LogP contribution in [-0.4, -0.2) is 40.8 Å². The van der Waals surface area contributed by atoms with E-state index in [1.54, 1.807) is 54.2 Å². The van der Waals surface area contributed by atoms with Crippen LogP contribution in [0.5, 0.6) is 0 Å². The topological polar surface area (TPSA) is 115 Å². The summed E-state index contributed by atoms with van der Waals surface area (Å²) < 4.78 is 6.51. The zero-order chi connectivity index (χ0) is 22.8. The summed E-state index contributed by atoms with van der Waals surface area (Å²) in [5, 5.41) is 2.13. The van der Waals surface area contributed by atoms with Crippen molar-refractivity contribution in [2.45, 2.75) is 0 Å². The quantitative estimate of drug-likeness (QED) is 0.488. The number of carbonyl (C=O) groups excluding carboxylic acids is 5. The Hall–Kier alpha value is -4.53. The summed E-state index contributed by atoms with van der Waals surface area (Å²) in [5.74, 6) is -3.23. The third-order valence-electron chi connectivity index (χ3n) is 4.90. The van der Waals surface area contributed by atoms with Crippen molar-refractivity contribution in [3.05, 3.63) is 89.2 Å². The molecule has 9 heteroatoms. The molecule has 4 amide bonds. The van der Waals surface area contributed by atoms with Crippen molar-refractivity contribution in [2.75, 3.05) is 11.5 Å². The van der Waals surface area contributed by atoms with E-state index in [0.717, 1.165) is 4.90 Å². The number of hydrogen-bond donors (Lipinski definition) is 1. The molecule has 3 aromatic rings. The molecule has 2 heterocycles. The van der Waals surface area contributed by atoms with Crippen LogP contribution in [0, 0.1) is 0 Å². The molecule has 0 unspecified atom stereocenters. The van der Waals surface area contributed by atoms with E-state index in [2.05, 4.69) is 5.32 Å². The van der Waals surface area contributed by atoms with E-state index in [1.807, 2.05) is 0 Å². The standard InChI is InChI=1S/C23H17N3O6/c1-25-11-5-10-18(25)20(28)24-19(27)13-32-23(31)14-6-4-7-15(12-14)26-21(29)16-8-2-3-9-17(16)22(26)30/h2-12H,13H2,1H3,(H,24,27,28). The lowest BCUT2D eigenvalue weighted by Crippen LogP contribution is -2.35. The largest absolute Gasteiger partial charge is 0.452 e. The number of aromatic nitrogens is 1. The molecule has 9 nitrogen and oxygen atoms in total. The smallest absolute Gasteiger partial charge is 0.338 e. The van der Waals surface area contributed by atoms with E-state index in [1.165, 1.54) is 24.3 Å². The second-order valence-corrected chi connectivity index (χ2v) is 7.00. The monoisotopic (exact) mass is 431 g/mol. The van der Waals surface area contributed by atoms with Crippen molar-refractivity contribution in [1.82, 2.24) is 9.88 Å². The first kappa shape index (κ1) is 20.7. The van der Waals surface area contributed by atoms with Gasteiger partial charge in [-0.3, -0.25) is 24.5 Å². The SMILES string of the molecule is Cn1cccc1C(=O)NC(=O)COC(=O)c1cccc(N2C(=O)c3ccccc3C2=O)c1. The predicted molar refractivity (Wildman–Crippen MR) is 112 cm³/mol. The fourth-order valence-electron chi connectivity index (χ4n) is 3.33. The summed E-state index contributed by atoms with van der Waals surface area (Å²) in [6.07, 6.45) is 1.65. The molecule has 0 aliphatic carbocycles. The lowest BCUT2D eigenvalue weighted by Gasteiger charge is -2.14. The van der Waals surface area contributed by atoms with Gasteiger partial charge >= 0.3 is 5.97 Å². The minimum atomic E-state index is -0.843. The average Bonchev–Trinajstić information content (AvgIpc) is 3.33. The lowest BCUT2D eigenvalue weighted by atomic mass is 10.1. The molecule has 0 spiro atoms. The molecule has 1 aliphatic heterocycles. The van der Waals surface area contributed by atoms with Gasteiger partial charge in [-0.2, -0.15) is 0 Å². The summed E-state index contributed by atoms with van der Waals surface area (Å²) in [6, 6.07) is 15.4. The van der Waals surface area contributed by atoms with Crippen LogP contribution in [0.4, 0.5) is 5.69 Å². The van der Waals surface area contributed by atoms with Crippen molar-refractivity contribution in [2.24, 2.45) is 7.05 Å². The molecule has 32 heavy (non-hydrogen) atoms. The first-order valence-corrected chi connectivity index (χ1v) is 9.57. The predicted octanol–water partition coefficient (Wildman–Crippen LogP) is 1.94. The Morgan fingerprint density at radius 3 is 2.22 bits per heavy atom. The maximum atomic E-state index is 12.6. The van der Waals surface area contributed by atoms with E-state index < -0.39 is 36.2 Å². The normalized spacial score (nSPS) is 12.5. The molecule has 2 aromatic carbocycles. The average molecular weight is 431 g/mol. The Morgan fingerprint density at radius 2 is 1.59 bits per heavy atom. The van der Waals surface area contributed by atoms with E-state index in [4.69, 9.17) is 4.74 Å². The summed E-state index contributed by atoms with van der Waals surface area (Å²) in [6.45, 7) is -0.674. The summed E-state index contributed by atoms with van der Waals surface area (Å²) in [7, 11) is 1.65. The highest BCUT2D eigenvalue weighted by molar-refractivity contribution is 6.34. The molecule has 0 bridgehead atoms. The minimum Gasteiger partial charge on any atom is -0.452 e. The number of nitrogens with zero attached hydrogens (tertiary/aromatic N) is 2. The number of fused-ring (bicyclic) bond motifs is 1. The fraction of sp³-hybridized carbons (Fsp3) is 0.0870. The summed E-state index contributed by atoms with van der Waals surface area (Å²) in [5.41, 5.74) is 1.09. The molecule has 0 saturated heterocycles. The lowest BCUT2D eigenvalue weighted by molar-refractivity contribution is -0.123. The van der Waals surface area contributed by atoms with Gasteiger partial charge in [0.2, 0.25) is 0 Å². The highest BCUT2D eigenvalue weighted by Gasteiger charge is 2.36. The zero-order valence-electron chi connectivity index (χ0n) is 16.9. The van der Waals surface area contributed by atoms with Gasteiger partial charge in [0.05, 0.1) is 22.4 Å². The molecule has 0 atom stereocenters. The second-order valence-electron chi connectivity index (χ2n) is 7.00. The number of ether oxygens (including phenoxy) is 1. The van der Waals surface area contributed by atoms with Crippen LogP contribution < -0.4 is 10.2 Å². The molecular formula is C23H17N3O6. The number of aryl methyl sites for hydroxylation is 1. The number of nitrogens with one attached hydrogen (secondary N) is 1. The van der Waals surface area contributed by atoms with Gasteiger partial charge in [-0.1, -0.05) is 18.2 Å². The molecule has 160 valence electrons. The van der Waals surface area contributed by atoms with Crippen molar-refractivity contribution >= 4 is 35.3 Å². The maximum absolute atomic E-state index is 12.6. The Morgan fingerprint density at radius 1 is 0.906 bits per heavy atom. The van der Waals surface area contributed by atoms with Gasteiger partial charge in [0, 0.05) is 13.2 Å². The number of benzene rings is 2. The Bertz CT molecular complexity index is 1240. The van der Waals surface area contributed by atoms with Crippen molar-refractivity contribution in [3.8, 4) is 0 Å². The number of imide groups is 2. The molecule has 1 aliphatic rings. The number of hydrogen-bond acceptors (Lipinski definition) is 6. The third kappa shape index (κ3) is 3.79. The van der Waals surface area contributed by atoms with Crippen LogP contribution >= 0.6 is 0 Å². The van der Waals surface area contributed by atoms with Crippen LogP contribution in [0.2, 0.25) is 0 Å². The van der Waals surface area contributed by atoms with Crippen molar-refractivity contribution < 1.29 is 28.7 Å². The number of esters is 1. The molecule has 1 aromatic heterocycles. The number of anilines is 1. The summed E-state index contributed by atoms with van der Waals surface area (Å²) in [4.78, 5) is 62.6. The van der Waals surface area contributed by atoms with Crippen LogP contribution in [0.25, 0.3) is 0 Å². The molecule has 0 radical (unpaired) electrons. The van der Waals surface area contributed by atoms with Crippen LogP contribution in [0.3, 0.4) is 0 Å². The first-order valence-electron chi connectivity index (χ1n) is 9.57. The molecule has 4 rings (SSSR count). The highest BCUT2D eigenvalue weighted by atomic mass is 16.5. The van der Waals surface area contributed by atoms with E-state index in [0.29, 0.717) is 0 Å². The number of carbonyl (C=O) groups is 5. The maximum Gasteiger partial charge on any atom is 0.338 e. The van der Waals surface area contributed by atoms with Crippen LogP contribution in [-0.2, 0) is 16.6 Å². The van der Waals surface area contributed by atoms with Gasteiger partial charge in [0.15, 0.2) is 6.61 Å². The van der Waals surface area contributed by atoms with Gasteiger partial charge in [-0.05, 0) is 42.5 Å². The molecule has 0 saturated carbocycles. The Balaban J connectivity index is 1.42. The number of amides is 4. The van der Waals surface area contributed by atoms with Gasteiger partial charge in [0.25, 0.3) is 23.6 Å². The highest BCUT2D eigenvalue weighted by Crippen LogP contribution is 2.28. The van der Waals surface area contributed by atoms with E-state index in [9.17, 15) is 24.0 Å². The van der Waals surface area contributed by atoms with Crippen LogP contribution in [0.1, 0.15) is 41.6 Å². The Labute approximate surface area is 182 Å². The van der Waals surface area contributed by atoms with Gasteiger partial charge < -0.3 is 9.30 Å². The van der Waals surface area contributed by atoms with E-state index >= 15 is 0 Å². The fourth-order valence-corrected chi connectivity index (χ4v) is 3.33. The van der Waals surface area contributed by atoms with Crippen LogP contribution in [0.15, 0.2) is 66.9 Å². The third-order valence-corrected chi connectivity index (χ3v) is 4.90. The first-order chi connectivity index (χ1) is 15.4. The molecule has 1 N–H and O–H groups in total. The second kappa shape index (κ2) is 8.31. The number of rotatable bonds is 5. The molecular weight excluding hydrogens is 414 g/mol. The van der Waals surface area contributed by atoms with Crippen molar-refractivity contribution in [1.29, 1.82) is 0 Å². The minimum absolute atomic E-state index is 0.0422. The van der Waals surface area contributed by atoms with E-state index in [-0.39, 0.29) is 28.1 Å². The zero-order valence-corrected chi connectivity index (χ0v) is 16.9. The van der Waals surface area contributed by atoms with Gasteiger partial charge in [0.1, 0.15) is 5.69 Å². The van der Waals surface area contributed by atoms with Gasteiger partial charge in [-0.15, -0.1) is 0 Å². The van der Waals surface area contributed by atoms with Gasteiger partial charge in [-0.25, -0.2) is 9.69 Å². The Kier molecular flexibility index (Phi) is 5.38. The molecule has 0 fully saturated rings. The van der Waals surface area contributed by atoms with Crippen molar-refractivity contribution in [3.63, 3.8) is 0 Å².